The third-order valence-corrected chi connectivity index (χ3v) is 3.89. The van der Waals surface area contributed by atoms with Crippen molar-refractivity contribution in [2.24, 2.45) is 5.73 Å². The number of nitrogens with two attached hydrogens (primary N) is 1. The van der Waals surface area contributed by atoms with Crippen LogP contribution in [-0.4, -0.2) is 6.54 Å². The zero-order valence-corrected chi connectivity index (χ0v) is 9.46. The van der Waals surface area contributed by atoms with Crippen molar-refractivity contribution in [3.63, 3.8) is 0 Å². The lowest BCUT2D eigenvalue weighted by atomic mass is 10.2. The van der Waals surface area contributed by atoms with Gasteiger partial charge in [0.1, 0.15) is 0 Å². The first-order valence-electron chi connectivity index (χ1n) is 3.79. The summed E-state index contributed by atoms with van der Waals surface area (Å²) in [6, 6.07) is 2.11. The van der Waals surface area contributed by atoms with E-state index in [1.54, 1.807) is 11.3 Å². The average molecular weight is 246 g/mol. The molecule has 0 aliphatic carbocycles. The maximum atomic E-state index is 5.44. The third-order valence-electron chi connectivity index (χ3n) is 1.65. The Morgan fingerprint density at radius 3 is 2.83 bits per heavy atom. The molecule has 3 heteroatoms. The summed E-state index contributed by atoms with van der Waals surface area (Å²) in [7, 11) is 0. The molecule has 0 aliphatic heterocycles. The van der Waals surface area contributed by atoms with Crippen LogP contribution in [0.2, 0.25) is 0 Å². The summed E-state index contributed by atoms with van der Waals surface area (Å²) in [6.07, 6.45) is 0.881. The molecular weight excluding hydrogens is 234 g/mol. The minimum Gasteiger partial charge on any atom is -0.330 e. The molecule has 0 unspecified atom stereocenters. The molecule has 1 rings (SSSR count). The van der Waals surface area contributed by atoms with Crippen LogP contribution < -0.4 is 5.73 Å². The van der Waals surface area contributed by atoms with Crippen molar-refractivity contribution in [2.45, 2.75) is 13.3 Å². The summed E-state index contributed by atoms with van der Waals surface area (Å²) >= 11 is 5.23. The van der Waals surface area contributed by atoms with Gasteiger partial charge in [-0.3, -0.25) is 0 Å². The van der Waals surface area contributed by atoms with Crippen molar-refractivity contribution < 1.29 is 0 Å². The van der Waals surface area contributed by atoms with Crippen LogP contribution >= 0.6 is 27.3 Å². The minimum absolute atomic E-state index is 0.674. The van der Waals surface area contributed by atoms with Crippen LogP contribution in [0.3, 0.4) is 0 Å². The molecule has 0 saturated carbocycles. The van der Waals surface area contributed by atoms with E-state index in [4.69, 9.17) is 5.73 Å². The second kappa shape index (κ2) is 4.21. The van der Waals surface area contributed by atoms with Gasteiger partial charge >= 0.3 is 0 Å². The Balaban J connectivity index is 2.82. The van der Waals surface area contributed by atoms with Gasteiger partial charge in [0, 0.05) is 14.2 Å². The van der Waals surface area contributed by atoms with Crippen molar-refractivity contribution in [1.29, 1.82) is 0 Å². The third kappa shape index (κ3) is 2.19. The second-order valence-corrected chi connectivity index (χ2v) is 4.77. The number of rotatable bonds is 3. The summed E-state index contributed by atoms with van der Waals surface area (Å²) in [5, 5.41) is 0. The molecule has 0 spiro atoms. The van der Waals surface area contributed by atoms with Crippen LogP contribution in [0.5, 0.6) is 0 Å². The maximum Gasteiger partial charge on any atom is 0.0317 e. The van der Waals surface area contributed by atoms with Gasteiger partial charge in [-0.15, -0.1) is 11.3 Å². The van der Waals surface area contributed by atoms with E-state index in [-0.39, 0.29) is 0 Å². The van der Waals surface area contributed by atoms with Crippen LogP contribution in [0, 0.1) is 6.92 Å². The first kappa shape index (κ1) is 9.96. The monoisotopic (exact) mass is 245 g/mol. The molecule has 0 bridgehead atoms. The Hall–Kier alpha value is -0.120. The lowest BCUT2D eigenvalue weighted by Crippen LogP contribution is -1.98. The van der Waals surface area contributed by atoms with Gasteiger partial charge in [0.2, 0.25) is 0 Å². The highest BCUT2D eigenvalue weighted by atomic mass is 79.9. The van der Waals surface area contributed by atoms with Crippen LogP contribution in [0.15, 0.2) is 17.1 Å². The van der Waals surface area contributed by atoms with E-state index in [1.165, 1.54) is 14.2 Å². The lowest BCUT2D eigenvalue weighted by molar-refractivity contribution is 1.03. The molecule has 66 valence electrons. The highest BCUT2D eigenvalue weighted by molar-refractivity contribution is 9.10. The van der Waals surface area contributed by atoms with Gasteiger partial charge in [0.25, 0.3) is 0 Å². The van der Waals surface area contributed by atoms with Crippen LogP contribution in [0.4, 0.5) is 0 Å². The highest BCUT2D eigenvalue weighted by Crippen LogP contribution is 2.31. The fourth-order valence-corrected chi connectivity index (χ4v) is 2.46. The van der Waals surface area contributed by atoms with Gasteiger partial charge in [0.15, 0.2) is 0 Å². The van der Waals surface area contributed by atoms with Gasteiger partial charge in [-0.05, 0) is 47.5 Å². The zero-order valence-electron chi connectivity index (χ0n) is 7.06. The lowest BCUT2D eigenvalue weighted by Gasteiger charge is -1.97. The molecule has 12 heavy (non-hydrogen) atoms. The van der Waals surface area contributed by atoms with Crippen molar-refractivity contribution in [2.75, 3.05) is 6.54 Å². The molecule has 1 nitrogen and oxygen atoms in total. The topological polar surface area (TPSA) is 26.0 Å². The Kier molecular flexibility index (Phi) is 3.50. The van der Waals surface area contributed by atoms with E-state index in [0.29, 0.717) is 6.54 Å². The molecular formula is C9H12BrNS. The summed E-state index contributed by atoms with van der Waals surface area (Å²) in [5.41, 5.74) is 6.58. The number of hydrogen-bond donors (Lipinski definition) is 1. The molecule has 0 atom stereocenters. The van der Waals surface area contributed by atoms with E-state index >= 15 is 0 Å². The van der Waals surface area contributed by atoms with Crippen molar-refractivity contribution >= 4 is 32.8 Å². The van der Waals surface area contributed by atoms with Gasteiger partial charge in [0.05, 0.1) is 0 Å². The Morgan fingerprint density at radius 1 is 1.75 bits per heavy atom. The van der Waals surface area contributed by atoms with Crippen molar-refractivity contribution in [1.82, 2.24) is 0 Å². The fraction of sp³-hybridized carbons (Fsp3) is 0.333. The molecule has 1 aromatic rings. The molecule has 2 N–H and O–H groups in total. The second-order valence-electron chi connectivity index (χ2n) is 2.66. The van der Waals surface area contributed by atoms with E-state index in [0.717, 1.165) is 12.0 Å². The largest absolute Gasteiger partial charge is 0.330 e. The molecule has 1 heterocycles. The molecule has 0 radical (unpaired) electrons. The molecule has 1 aromatic heterocycles. The quantitative estimate of drug-likeness (QED) is 0.870. The summed E-state index contributed by atoms with van der Waals surface area (Å²) in [6.45, 7) is 6.74. The Bertz CT molecular complexity index is 271. The number of hydrogen-bond acceptors (Lipinski definition) is 2. The normalized spacial score (nSPS) is 10.2. The average Bonchev–Trinajstić information content (AvgIpc) is 2.33. The van der Waals surface area contributed by atoms with E-state index in [2.05, 4.69) is 35.5 Å². The molecule has 0 saturated heterocycles. The van der Waals surface area contributed by atoms with Gasteiger partial charge in [-0.2, -0.15) is 0 Å². The zero-order chi connectivity index (χ0) is 9.14. The van der Waals surface area contributed by atoms with Gasteiger partial charge in [-0.25, -0.2) is 0 Å². The fourth-order valence-electron chi connectivity index (χ4n) is 0.932. The van der Waals surface area contributed by atoms with Crippen LogP contribution in [0.1, 0.15) is 16.2 Å². The Labute approximate surface area is 85.4 Å². The first-order valence-corrected chi connectivity index (χ1v) is 5.40. The number of halogens is 1. The molecule has 0 aliphatic rings. The van der Waals surface area contributed by atoms with Crippen LogP contribution in [-0.2, 0) is 0 Å². The predicted molar refractivity (Wildman–Crippen MR) is 59.5 cm³/mol. The molecule has 0 aromatic carbocycles. The predicted octanol–water partition coefficient (Wildman–Crippen LogP) is 3.18. The van der Waals surface area contributed by atoms with Crippen molar-refractivity contribution in [3.8, 4) is 0 Å². The molecule has 0 amide bonds. The number of thiophene rings is 1. The highest BCUT2D eigenvalue weighted by Gasteiger charge is 2.04. The maximum absolute atomic E-state index is 5.44. The standard InChI is InChI=1S/C9H12BrNS/c1-6(3-4-11)9-5-8(10)7(2)12-9/h5H,1,3-4,11H2,2H3. The first-order chi connectivity index (χ1) is 5.65. The van der Waals surface area contributed by atoms with Crippen LogP contribution in [0.25, 0.3) is 5.57 Å². The Morgan fingerprint density at radius 2 is 2.42 bits per heavy atom. The number of aryl methyl sites for hydroxylation is 1. The van der Waals surface area contributed by atoms with Crippen molar-refractivity contribution in [3.05, 3.63) is 26.9 Å². The minimum atomic E-state index is 0.674. The molecule has 0 fully saturated rings. The van der Waals surface area contributed by atoms with E-state index in [9.17, 15) is 0 Å². The van der Waals surface area contributed by atoms with Gasteiger partial charge in [-0.1, -0.05) is 6.58 Å². The SMILES string of the molecule is C=C(CCN)c1cc(Br)c(C)s1. The van der Waals surface area contributed by atoms with E-state index in [1.807, 2.05) is 0 Å². The smallest absolute Gasteiger partial charge is 0.0317 e. The summed E-state index contributed by atoms with van der Waals surface area (Å²) in [5.74, 6) is 0. The summed E-state index contributed by atoms with van der Waals surface area (Å²) in [4.78, 5) is 2.54. The van der Waals surface area contributed by atoms with Gasteiger partial charge < -0.3 is 5.73 Å². The summed E-state index contributed by atoms with van der Waals surface area (Å²) < 4.78 is 1.17. The van der Waals surface area contributed by atoms with E-state index < -0.39 is 0 Å².